The Morgan fingerprint density at radius 1 is 1.19 bits per heavy atom. The van der Waals surface area contributed by atoms with Crippen LogP contribution in [0.2, 0.25) is 0 Å². The van der Waals surface area contributed by atoms with Gasteiger partial charge in [0.2, 0.25) is 0 Å². The highest BCUT2D eigenvalue weighted by Gasteiger charge is 2.13. The summed E-state index contributed by atoms with van der Waals surface area (Å²) in [7, 11) is 2.18. The molecule has 120 valence electrons. The second-order valence-corrected chi connectivity index (χ2v) is 6.36. The lowest BCUT2D eigenvalue weighted by atomic mass is 10.0. The van der Waals surface area contributed by atoms with E-state index in [9.17, 15) is 0 Å². The van der Waals surface area contributed by atoms with Crippen LogP contribution in [0.5, 0.6) is 0 Å². The maximum Gasteiger partial charge on any atom is 0.0431 e. The standard InChI is InChI=1S/C17H29BrN2O/c1-3-19-17(15-9-5-6-10-16(15)18)11-13-20(2)12-7-4-8-14-21/h5-6,9-10,17,19,21H,3-4,7-8,11-14H2,1-2H3. The van der Waals surface area contributed by atoms with E-state index in [1.54, 1.807) is 0 Å². The van der Waals surface area contributed by atoms with Crippen molar-refractivity contribution in [1.82, 2.24) is 10.2 Å². The number of halogens is 1. The number of benzene rings is 1. The summed E-state index contributed by atoms with van der Waals surface area (Å²) in [4.78, 5) is 2.39. The van der Waals surface area contributed by atoms with Crippen LogP contribution in [0.25, 0.3) is 0 Å². The number of aliphatic hydroxyl groups is 1. The van der Waals surface area contributed by atoms with Crippen molar-refractivity contribution in [3.05, 3.63) is 34.3 Å². The second kappa shape index (κ2) is 11.2. The van der Waals surface area contributed by atoms with Crippen LogP contribution in [-0.2, 0) is 0 Å². The third kappa shape index (κ3) is 7.41. The van der Waals surface area contributed by atoms with Crippen molar-refractivity contribution in [2.75, 3.05) is 33.3 Å². The smallest absolute Gasteiger partial charge is 0.0431 e. The molecule has 2 N–H and O–H groups in total. The van der Waals surface area contributed by atoms with Crippen LogP contribution in [0, 0.1) is 0 Å². The summed E-state index contributed by atoms with van der Waals surface area (Å²) in [5.74, 6) is 0. The molecule has 3 nitrogen and oxygen atoms in total. The molecule has 0 aliphatic rings. The first-order valence-electron chi connectivity index (χ1n) is 7.96. The van der Waals surface area contributed by atoms with Crippen molar-refractivity contribution in [3.8, 4) is 0 Å². The highest BCUT2D eigenvalue weighted by Crippen LogP contribution is 2.25. The van der Waals surface area contributed by atoms with Gasteiger partial charge in [-0.2, -0.15) is 0 Å². The van der Waals surface area contributed by atoms with Gasteiger partial charge in [0.15, 0.2) is 0 Å². The molecule has 0 radical (unpaired) electrons. The molecule has 0 aliphatic heterocycles. The fourth-order valence-electron chi connectivity index (χ4n) is 2.50. The van der Waals surface area contributed by atoms with Crippen LogP contribution in [0.3, 0.4) is 0 Å². The van der Waals surface area contributed by atoms with E-state index >= 15 is 0 Å². The number of nitrogens with one attached hydrogen (secondary N) is 1. The highest BCUT2D eigenvalue weighted by atomic mass is 79.9. The number of hydrogen-bond donors (Lipinski definition) is 2. The molecule has 1 rings (SSSR count). The molecule has 4 heteroatoms. The molecule has 1 unspecified atom stereocenters. The lowest BCUT2D eigenvalue weighted by Crippen LogP contribution is -2.28. The number of rotatable bonds is 11. The van der Waals surface area contributed by atoms with E-state index in [1.165, 1.54) is 10.0 Å². The van der Waals surface area contributed by atoms with Crippen molar-refractivity contribution in [1.29, 1.82) is 0 Å². The first-order chi connectivity index (χ1) is 10.2. The summed E-state index contributed by atoms with van der Waals surface area (Å²) in [6.07, 6.45) is 4.30. The van der Waals surface area contributed by atoms with Crippen molar-refractivity contribution in [3.63, 3.8) is 0 Å². The van der Waals surface area contributed by atoms with Gasteiger partial charge in [-0.3, -0.25) is 0 Å². The van der Waals surface area contributed by atoms with Gasteiger partial charge in [-0.25, -0.2) is 0 Å². The Balaban J connectivity index is 2.43. The summed E-state index contributed by atoms with van der Waals surface area (Å²) < 4.78 is 1.18. The Morgan fingerprint density at radius 3 is 2.62 bits per heavy atom. The Labute approximate surface area is 137 Å². The largest absolute Gasteiger partial charge is 0.396 e. The molecule has 0 spiro atoms. The van der Waals surface area contributed by atoms with Crippen LogP contribution in [0.4, 0.5) is 0 Å². The Hall–Kier alpha value is -0.420. The van der Waals surface area contributed by atoms with E-state index in [0.717, 1.165) is 45.3 Å². The maximum absolute atomic E-state index is 8.79. The predicted octanol–water partition coefficient (Wildman–Crippen LogP) is 3.58. The third-order valence-electron chi connectivity index (χ3n) is 3.73. The molecule has 1 atom stereocenters. The quantitative estimate of drug-likeness (QED) is 0.594. The normalized spacial score (nSPS) is 12.8. The summed E-state index contributed by atoms with van der Waals surface area (Å²) >= 11 is 3.66. The zero-order valence-electron chi connectivity index (χ0n) is 13.3. The van der Waals surface area contributed by atoms with Crippen molar-refractivity contribution >= 4 is 15.9 Å². The second-order valence-electron chi connectivity index (χ2n) is 5.51. The minimum atomic E-state index is 0.314. The minimum Gasteiger partial charge on any atom is -0.396 e. The molecular weight excluding hydrogens is 328 g/mol. The number of unbranched alkanes of at least 4 members (excludes halogenated alkanes) is 2. The highest BCUT2D eigenvalue weighted by molar-refractivity contribution is 9.10. The summed E-state index contributed by atoms with van der Waals surface area (Å²) in [5.41, 5.74) is 1.34. The SMILES string of the molecule is CCNC(CCN(C)CCCCCO)c1ccccc1Br. The van der Waals surface area contributed by atoms with Gasteiger partial charge in [0.25, 0.3) is 0 Å². The van der Waals surface area contributed by atoms with Crippen LogP contribution >= 0.6 is 15.9 Å². The van der Waals surface area contributed by atoms with Crippen LogP contribution in [0.1, 0.15) is 44.2 Å². The molecule has 1 aromatic rings. The van der Waals surface area contributed by atoms with E-state index in [4.69, 9.17) is 5.11 Å². The van der Waals surface area contributed by atoms with Crippen molar-refractivity contribution in [2.45, 2.75) is 38.6 Å². The zero-order chi connectivity index (χ0) is 15.5. The molecule has 0 bridgehead atoms. The Morgan fingerprint density at radius 2 is 1.95 bits per heavy atom. The summed E-state index contributed by atoms with van der Waals surface area (Å²) in [5, 5.41) is 12.4. The Bertz CT molecular complexity index is 387. The van der Waals surface area contributed by atoms with Gasteiger partial charge in [0.05, 0.1) is 0 Å². The van der Waals surface area contributed by atoms with Gasteiger partial charge >= 0.3 is 0 Å². The molecule has 0 heterocycles. The molecule has 0 aromatic heterocycles. The van der Waals surface area contributed by atoms with E-state index in [2.05, 4.69) is 64.4 Å². The molecule has 0 amide bonds. The molecular formula is C17H29BrN2O. The summed E-state index contributed by atoms with van der Waals surface area (Å²) in [6, 6.07) is 8.86. The fraction of sp³-hybridized carbons (Fsp3) is 0.647. The van der Waals surface area contributed by atoms with Crippen LogP contribution in [0.15, 0.2) is 28.7 Å². The molecule has 0 aliphatic carbocycles. The molecule has 1 aromatic carbocycles. The molecule has 0 saturated carbocycles. The minimum absolute atomic E-state index is 0.314. The first kappa shape index (κ1) is 18.6. The van der Waals surface area contributed by atoms with E-state index < -0.39 is 0 Å². The van der Waals surface area contributed by atoms with Crippen LogP contribution < -0.4 is 5.32 Å². The molecule has 0 saturated heterocycles. The van der Waals surface area contributed by atoms with Crippen LogP contribution in [-0.4, -0.2) is 43.3 Å². The average Bonchev–Trinajstić information content (AvgIpc) is 2.49. The van der Waals surface area contributed by atoms with Crippen molar-refractivity contribution in [2.24, 2.45) is 0 Å². The lowest BCUT2D eigenvalue weighted by molar-refractivity contribution is 0.268. The number of aliphatic hydroxyl groups excluding tert-OH is 1. The Kier molecular flexibility index (Phi) is 9.92. The first-order valence-corrected chi connectivity index (χ1v) is 8.75. The third-order valence-corrected chi connectivity index (χ3v) is 4.45. The topological polar surface area (TPSA) is 35.5 Å². The van der Waals surface area contributed by atoms with Crippen molar-refractivity contribution < 1.29 is 5.11 Å². The van der Waals surface area contributed by atoms with Gasteiger partial charge < -0.3 is 15.3 Å². The monoisotopic (exact) mass is 356 g/mol. The fourth-order valence-corrected chi connectivity index (χ4v) is 3.06. The molecule has 0 fully saturated rings. The average molecular weight is 357 g/mol. The van der Waals surface area contributed by atoms with Gasteiger partial charge in [0, 0.05) is 17.1 Å². The number of nitrogens with zero attached hydrogens (tertiary/aromatic N) is 1. The lowest BCUT2D eigenvalue weighted by Gasteiger charge is -2.23. The van der Waals surface area contributed by atoms with E-state index in [1.807, 2.05) is 0 Å². The zero-order valence-corrected chi connectivity index (χ0v) is 14.9. The molecule has 21 heavy (non-hydrogen) atoms. The predicted molar refractivity (Wildman–Crippen MR) is 93.6 cm³/mol. The summed E-state index contributed by atoms with van der Waals surface area (Å²) in [6.45, 7) is 5.63. The number of hydrogen-bond acceptors (Lipinski definition) is 3. The van der Waals surface area contributed by atoms with Gasteiger partial charge in [0.1, 0.15) is 0 Å². The van der Waals surface area contributed by atoms with Gasteiger partial charge in [-0.15, -0.1) is 0 Å². The van der Waals surface area contributed by atoms with E-state index in [-0.39, 0.29) is 0 Å². The van der Waals surface area contributed by atoms with Gasteiger partial charge in [-0.1, -0.05) is 41.1 Å². The van der Waals surface area contributed by atoms with E-state index in [0.29, 0.717) is 12.6 Å². The van der Waals surface area contributed by atoms with Gasteiger partial charge in [-0.05, 0) is 64.0 Å². The maximum atomic E-state index is 8.79.